The quantitative estimate of drug-likeness (QED) is 0.0969. The van der Waals surface area contributed by atoms with E-state index in [4.69, 9.17) is 26.1 Å². The van der Waals surface area contributed by atoms with Gasteiger partial charge in [0, 0.05) is 21.3 Å². The SMILES string of the molecule is [N-]=[N+]=NCC[C@H](O)C(=O)N[C@@H]1CC(N=[N+]=[N-])[C@H](O[C@@H]2OC(CO)[C@H](O)[C@H](O)C2N=[N+]=[N-])[C@H](O)C1O. The van der Waals surface area contributed by atoms with Crippen LogP contribution >= 0.6 is 0 Å². The number of ether oxygens (including phenoxy) is 2. The summed E-state index contributed by atoms with van der Waals surface area (Å²) in [7, 11) is 0. The Morgan fingerprint density at radius 1 is 1.06 bits per heavy atom. The third-order valence-corrected chi connectivity index (χ3v) is 5.69. The van der Waals surface area contributed by atoms with E-state index in [1.165, 1.54) is 0 Å². The summed E-state index contributed by atoms with van der Waals surface area (Å²) in [5, 5.41) is 73.1. The molecule has 35 heavy (non-hydrogen) atoms. The number of carbonyl (C=O) groups is 1. The van der Waals surface area contributed by atoms with Crippen LogP contribution in [0.25, 0.3) is 31.3 Å². The molecule has 0 radical (unpaired) electrons. The number of aliphatic hydroxyl groups is 6. The molecule has 0 aromatic carbocycles. The third kappa shape index (κ3) is 6.82. The number of hydrogen-bond donors (Lipinski definition) is 7. The molecule has 194 valence electrons. The summed E-state index contributed by atoms with van der Waals surface area (Å²) in [5.41, 5.74) is 26.0. The summed E-state index contributed by atoms with van der Waals surface area (Å²) in [6.45, 7) is -0.909. The maximum Gasteiger partial charge on any atom is 0.249 e. The van der Waals surface area contributed by atoms with Crippen molar-refractivity contribution in [1.29, 1.82) is 0 Å². The summed E-state index contributed by atoms with van der Waals surface area (Å²) < 4.78 is 11.0. The minimum atomic E-state index is -1.81. The summed E-state index contributed by atoms with van der Waals surface area (Å²) in [5.74, 6) is -0.935. The average Bonchev–Trinajstić information content (AvgIpc) is 2.84. The average molecular weight is 502 g/mol. The zero-order valence-corrected chi connectivity index (χ0v) is 18.1. The van der Waals surface area contributed by atoms with Crippen molar-refractivity contribution in [2.75, 3.05) is 13.2 Å². The highest BCUT2D eigenvalue weighted by Gasteiger charge is 2.50. The number of aliphatic hydroxyl groups excluding tert-OH is 6. The first-order chi connectivity index (χ1) is 16.7. The maximum absolute atomic E-state index is 12.2. The van der Waals surface area contributed by atoms with Crippen molar-refractivity contribution in [3.63, 3.8) is 0 Å². The molecule has 0 aromatic rings. The van der Waals surface area contributed by atoms with Gasteiger partial charge < -0.3 is 45.4 Å². The summed E-state index contributed by atoms with van der Waals surface area (Å²) in [6.07, 6.45) is -13.4. The molecule has 1 aliphatic carbocycles. The second-order valence-electron chi connectivity index (χ2n) is 7.87. The molecule has 2 rings (SSSR count). The van der Waals surface area contributed by atoms with Crippen LogP contribution in [0.2, 0.25) is 0 Å². The van der Waals surface area contributed by atoms with Crippen LogP contribution in [0.3, 0.4) is 0 Å². The van der Waals surface area contributed by atoms with E-state index in [1.54, 1.807) is 0 Å². The first-order valence-corrected chi connectivity index (χ1v) is 10.4. The molecule has 19 heteroatoms. The lowest BCUT2D eigenvalue weighted by Crippen LogP contribution is -2.64. The van der Waals surface area contributed by atoms with Gasteiger partial charge in [-0.05, 0) is 29.4 Å². The standard InChI is InChI=1S/C16H26N10O9/c17-24-20-2-1-7(28)15(33)21-5-3-6(22-25-18)14(13(32)10(5)29)35-16-9(23-26-19)12(31)11(30)8(4-27)34-16/h5-14,16,27-32H,1-4H2,(H,21,33)/t5-,6?,7+,8?,9?,10?,11+,12-,13-,14+,16+/m1/s1. The van der Waals surface area contributed by atoms with Crippen LogP contribution in [-0.4, -0.2) is 117 Å². The lowest BCUT2D eigenvalue weighted by molar-refractivity contribution is -0.294. The lowest BCUT2D eigenvalue weighted by Gasteiger charge is -2.46. The molecular formula is C16H26N10O9. The number of rotatable bonds is 10. The van der Waals surface area contributed by atoms with Gasteiger partial charge in [0.05, 0.1) is 30.9 Å². The van der Waals surface area contributed by atoms with Gasteiger partial charge in [-0.2, -0.15) is 0 Å². The van der Waals surface area contributed by atoms with Crippen molar-refractivity contribution < 1.29 is 44.9 Å². The molecule has 1 saturated carbocycles. The molecule has 2 fully saturated rings. The second-order valence-corrected chi connectivity index (χ2v) is 7.87. The Morgan fingerprint density at radius 2 is 1.74 bits per heavy atom. The molecule has 0 spiro atoms. The van der Waals surface area contributed by atoms with Gasteiger partial charge in [-0.15, -0.1) is 0 Å². The molecule has 11 atom stereocenters. The molecule has 1 aliphatic heterocycles. The van der Waals surface area contributed by atoms with Crippen molar-refractivity contribution >= 4 is 5.91 Å². The van der Waals surface area contributed by atoms with E-state index in [9.17, 15) is 35.4 Å². The summed E-state index contributed by atoms with van der Waals surface area (Å²) in [6, 6.07) is -3.95. The van der Waals surface area contributed by atoms with Crippen molar-refractivity contribution in [1.82, 2.24) is 5.32 Å². The minimum absolute atomic E-state index is 0.165. The fourth-order valence-electron chi connectivity index (χ4n) is 3.84. The predicted octanol–water partition coefficient (Wildman–Crippen LogP) is -2.16. The molecule has 2 aliphatic rings. The molecule has 1 saturated heterocycles. The van der Waals surface area contributed by atoms with Gasteiger partial charge in [0.15, 0.2) is 6.29 Å². The van der Waals surface area contributed by atoms with Crippen LogP contribution in [-0.2, 0) is 14.3 Å². The molecule has 7 N–H and O–H groups in total. The fraction of sp³-hybridized carbons (Fsp3) is 0.938. The van der Waals surface area contributed by atoms with Crippen LogP contribution < -0.4 is 5.32 Å². The number of azide groups is 3. The highest BCUT2D eigenvalue weighted by atomic mass is 16.7. The van der Waals surface area contributed by atoms with Crippen molar-refractivity contribution in [2.24, 2.45) is 15.3 Å². The topological polar surface area (TPSA) is 315 Å². The van der Waals surface area contributed by atoms with Crippen molar-refractivity contribution in [3.05, 3.63) is 31.3 Å². The summed E-state index contributed by atoms with van der Waals surface area (Å²) in [4.78, 5) is 19.9. The van der Waals surface area contributed by atoms with Crippen LogP contribution in [0, 0.1) is 0 Å². The Balaban J connectivity index is 2.20. The number of nitrogens with one attached hydrogen (secondary N) is 1. The predicted molar refractivity (Wildman–Crippen MR) is 112 cm³/mol. The largest absolute Gasteiger partial charge is 0.394 e. The molecule has 1 amide bonds. The van der Waals surface area contributed by atoms with E-state index in [2.05, 4.69) is 35.4 Å². The monoisotopic (exact) mass is 502 g/mol. The van der Waals surface area contributed by atoms with Crippen molar-refractivity contribution in [3.8, 4) is 0 Å². The van der Waals surface area contributed by atoms with E-state index in [1.807, 2.05) is 0 Å². The first kappa shape index (κ1) is 28.3. The second kappa shape index (κ2) is 13.2. The molecule has 1 heterocycles. The Hall–Kier alpha value is -2.92. The third-order valence-electron chi connectivity index (χ3n) is 5.69. The highest BCUT2D eigenvalue weighted by molar-refractivity contribution is 5.80. The Bertz CT molecular complexity index is 878. The first-order valence-electron chi connectivity index (χ1n) is 10.4. The Kier molecular flexibility index (Phi) is 10.7. The van der Waals surface area contributed by atoms with E-state index in [-0.39, 0.29) is 19.4 Å². The minimum Gasteiger partial charge on any atom is -0.394 e. The fourth-order valence-corrected chi connectivity index (χ4v) is 3.84. The molecule has 19 nitrogen and oxygen atoms in total. The zero-order valence-electron chi connectivity index (χ0n) is 18.1. The zero-order chi connectivity index (χ0) is 26.1. The van der Waals surface area contributed by atoms with Gasteiger partial charge in [0.1, 0.15) is 36.6 Å². The number of carbonyl (C=O) groups excluding carboxylic acids is 1. The van der Waals surface area contributed by atoms with Crippen LogP contribution in [0.5, 0.6) is 0 Å². The van der Waals surface area contributed by atoms with Gasteiger partial charge in [-0.3, -0.25) is 4.79 Å². The number of nitrogens with zero attached hydrogens (tertiary/aromatic N) is 9. The van der Waals surface area contributed by atoms with E-state index in [0.717, 1.165) is 0 Å². The van der Waals surface area contributed by atoms with E-state index < -0.39 is 79.7 Å². The smallest absolute Gasteiger partial charge is 0.249 e. The van der Waals surface area contributed by atoms with E-state index >= 15 is 0 Å². The number of hydrogen-bond acceptors (Lipinski definition) is 12. The summed E-state index contributed by atoms with van der Waals surface area (Å²) >= 11 is 0. The van der Waals surface area contributed by atoms with Gasteiger partial charge in [0.2, 0.25) is 5.91 Å². The van der Waals surface area contributed by atoms with Crippen LogP contribution in [0.4, 0.5) is 0 Å². The molecule has 4 unspecified atom stereocenters. The molecule has 0 bridgehead atoms. The maximum atomic E-state index is 12.2. The van der Waals surface area contributed by atoms with Crippen LogP contribution in [0.1, 0.15) is 12.8 Å². The molecular weight excluding hydrogens is 476 g/mol. The van der Waals surface area contributed by atoms with Crippen LogP contribution in [0.15, 0.2) is 15.3 Å². The van der Waals surface area contributed by atoms with Gasteiger partial charge in [-0.1, -0.05) is 15.3 Å². The normalized spacial score (nSPS) is 37.7. The highest BCUT2D eigenvalue weighted by Crippen LogP contribution is 2.31. The van der Waals surface area contributed by atoms with Gasteiger partial charge in [0.25, 0.3) is 0 Å². The lowest BCUT2D eigenvalue weighted by atomic mass is 9.83. The van der Waals surface area contributed by atoms with Gasteiger partial charge >= 0.3 is 0 Å². The van der Waals surface area contributed by atoms with E-state index in [0.29, 0.717) is 0 Å². The Morgan fingerprint density at radius 3 is 2.34 bits per heavy atom. The Labute approximate surface area is 196 Å². The van der Waals surface area contributed by atoms with Crippen molar-refractivity contribution in [2.45, 2.75) is 80.0 Å². The number of amides is 1. The molecule has 0 aromatic heterocycles. The van der Waals surface area contributed by atoms with Gasteiger partial charge in [-0.25, -0.2) is 0 Å².